The molecule has 3 aromatic rings. The molecule has 3 aromatic carbocycles. The topological polar surface area (TPSA) is 101 Å². The Labute approximate surface area is 224 Å². The highest BCUT2D eigenvalue weighted by Crippen LogP contribution is 2.35. The molecule has 1 saturated heterocycles. The molecule has 9 heteroatoms. The molecular formula is C29H34O8S. The largest absolute Gasteiger partial charge is 0.385 e. The summed E-state index contributed by atoms with van der Waals surface area (Å²) < 4.78 is 55.0. The SMILES string of the molecule is CO[C@H]1O[C@H](COS(=O)(=O)c2ccc(C)cc2)[C@@](C)(O)[C@H](OCc2ccccc2)[C@H]1OCc1ccccc1. The van der Waals surface area contributed by atoms with E-state index in [9.17, 15) is 13.5 Å². The molecule has 5 atom stereocenters. The quantitative estimate of drug-likeness (QED) is 0.363. The van der Waals surface area contributed by atoms with Crippen molar-refractivity contribution in [1.29, 1.82) is 0 Å². The lowest BCUT2D eigenvalue weighted by Gasteiger charge is -2.49. The molecule has 1 N–H and O–H groups in total. The summed E-state index contributed by atoms with van der Waals surface area (Å²) in [5.74, 6) is 0. The van der Waals surface area contributed by atoms with Crippen LogP contribution >= 0.6 is 0 Å². The summed E-state index contributed by atoms with van der Waals surface area (Å²) in [5.41, 5.74) is 1.07. The van der Waals surface area contributed by atoms with E-state index >= 15 is 0 Å². The van der Waals surface area contributed by atoms with Gasteiger partial charge >= 0.3 is 0 Å². The maximum Gasteiger partial charge on any atom is 0.297 e. The van der Waals surface area contributed by atoms with E-state index < -0.39 is 46.9 Å². The van der Waals surface area contributed by atoms with Crippen LogP contribution in [-0.2, 0) is 46.5 Å². The Hall–Kier alpha value is -2.63. The minimum absolute atomic E-state index is 0.0165. The number of benzene rings is 3. The maximum absolute atomic E-state index is 12.8. The Kier molecular flexibility index (Phi) is 9.32. The van der Waals surface area contributed by atoms with Gasteiger partial charge < -0.3 is 24.1 Å². The van der Waals surface area contributed by atoms with Crippen molar-refractivity contribution in [1.82, 2.24) is 0 Å². The predicted molar refractivity (Wildman–Crippen MR) is 141 cm³/mol. The van der Waals surface area contributed by atoms with Crippen molar-refractivity contribution in [3.05, 3.63) is 102 Å². The molecule has 0 aromatic heterocycles. The number of aryl methyl sites for hydroxylation is 1. The van der Waals surface area contributed by atoms with Gasteiger partial charge in [-0.1, -0.05) is 78.4 Å². The lowest BCUT2D eigenvalue weighted by atomic mass is 9.85. The van der Waals surface area contributed by atoms with E-state index in [1.807, 2.05) is 67.6 Å². The lowest BCUT2D eigenvalue weighted by Crippen LogP contribution is -2.67. The van der Waals surface area contributed by atoms with Crippen molar-refractivity contribution in [2.24, 2.45) is 0 Å². The maximum atomic E-state index is 12.8. The Balaban J connectivity index is 1.55. The van der Waals surface area contributed by atoms with Crippen LogP contribution in [0.25, 0.3) is 0 Å². The molecule has 0 aliphatic carbocycles. The Bertz CT molecular complexity index is 1250. The molecular weight excluding hydrogens is 508 g/mol. The molecule has 1 aliphatic rings. The highest BCUT2D eigenvalue weighted by atomic mass is 32.2. The highest BCUT2D eigenvalue weighted by molar-refractivity contribution is 7.86. The molecule has 4 rings (SSSR count). The van der Waals surface area contributed by atoms with Crippen LogP contribution in [0, 0.1) is 6.92 Å². The summed E-state index contributed by atoms with van der Waals surface area (Å²) in [4.78, 5) is 0.0165. The zero-order valence-electron chi connectivity index (χ0n) is 21.7. The Morgan fingerprint density at radius 2 is 1.42 bits per heavy atom. The molecule has 1 heterocycles. The van der Waals surface area contributed by atoms with Crippen molar-refractivity contribution in [2.75, 3.05) is 13.7 Å². The molecule has 0 radical (unpaired) electrons. The molecule has 1 fully saturated rings. The first-order valence-electron chi connectivity index (χ1n) is 12.4. The lowest BCUT2D eigenvalue weighted by molar-refractivity contribution is -0.339. The zero-order chi connectivity index (χ0) is 27.2. The van der Waals surface area contributed by atoms with Crippen LogP contribution in [-0.4, -0.2) is 57.4 Å². The van der Waals surface area contributed by atoms with Crippen molar-refractivity contribution >= 4 is 10.1 Å². The Morgan fingerprint density at radius 3 is 1.97 bits per heavy atom. The van der Waals surface area contributed by atoms with Crippen LogP contribution in [0.4, 0.5) is 0 Å². The third kappa shape index (κ3) is 6.86. The number of methoxy groups -OCH3 is 1. The number of ether oxygens (including phenoxy) is 4. The molecule has 204 valence electrons. The van der Waals surface area contributed by atoms with Gasteiger partial charge in [0.25, 0.3) is 10.1 Å². The van der Waals surface area contributed by atoms with Gasteiger partial charge in [0, 0.05) is 7.11 Å². The zero-order valence-corrected chi connectivity index (χ0v) is 22.5. The van der Waals surface area contributed by atoms with E-state index in [-0.39, 0.29) is 18.1 Å². The van der Waals surface area contributed by atoms with Gasteiger partial charge in [-0.05, 0) is 37.1 Å². The molecule has 0 spiro atoms. The molecule has 0 bridgehead atoms. The average molecular weight is 543 g/mol. The van der Waals surface area contributed by atoms with E-state index in [2.05, 4.69) is 0 Å². The number of hydrogen-bond donors (Lipinski definition) is 1. The van der Waals surface area contributed by atoms with Crippen LogP contribution in [0.2, 0.25) is 0 Å². The first-order valence-corrected chi connectivity index (χ1v) is 13.8. The van der Waals surface area contributed by atoms with Gasteiger partial charge in [-0.15, -0.1) is 0 Å². The first-order chi connectivity index (χ1) is 18.2. The highest BCUT2D eigenvalue weighted by Gasteiger charge is 2.55. The summed E-state index contributed by atoms with van der Waals surface area (Å²) in [6, 6.07) is 25.4. The van der Waals surface area contributed by atoms with Gasteiger partial charge in [0.05, 0.1) is 24.7 Å². The Morgan fingerprint density at radius 1 is 0.868 bits per heavy atom. The molecule has 0 amide bonds. The summed E-state index contributed by atoms with van der Waals surface area (Å²) >= 11 is 0. The van der Waals surface area contributed by atoms with E-state index in [0.29, 0.717) is 0 Å². The van der Waals surface area contributed by atoms with Gasteiger partial charge in [-0.2, -0.15) is 8.42 Å². The van der Waals surface area contributed by atoms with Gasteiger partial charge in [0.1, 0.15) is 23.9 Å². The first kappa shape index (κ1) is 28.4. The molecule has 8 nitrogen and oxygen atoms in total. The number of hydrogen-bond acceptors (Lipinski definition) is 8. The average Bonchev–Trinajstić information content (AvgIpc) is 2.92. The normalized spacial score (nSPS) is 25.8. The van der Waals surface area contributed by atoms with Crippen molar-refractivity contribution in [2.45, 2.75) is 62.2 Å². The van der Waals surface area contributed by atoms with E-state index in [4.69, 9.17) is 23.1 Å². The number of rotatable bonds is 11. The summed E-state index contributed by atoms with van der Waals surface area (Å²) in [7, 11) is -2.63. The standard InChI is InChI=1S/C29H34O8S/c1-21-14-16-24(17-15-21)38(31,32)36-20-25-29(2,30)27(35-19-23-12-8-5-9-13-23)26(28(33-3)37-25)34-18-22-10-6-4-7-11-22/h4-17,25-28,30H,18-20H2,1-3H3/t25-,26-,27-,28+,29-/m1/s1. The molecule has 0 saturated carbocycles. The van der Waals surface area contributed by atoms with E-state index in [0.717, 1.165) is 16.7 Å². The van der Waals surface area contributed by atoms with Gasteiger partial charge in [0.15, 0.2) is 6.29 Å². The predicted octanol–water partition coefficient (Wildman–Crippen LogP) is 3.99. The second-order valence-electron chi connectivity index (χ2n) is 9.48. The van der Waals surface area contributed by atoms with Crippen LogP contribution in [0.15, 0.2) is 89.8 Å². The van der Waals surface area contributed by atoms with Crippen LogP contribution < -0.4 is 0 Å². The van der Waals surface area contributed by atoms with Crippen LogP contribution in [0.1, 0.15) is 23.6 Å². The number of aliphatic hydroxyl groups is 1. The van der Waals surface area contributed by atoms with Crippen molar-refractivity contribution in [3.63, 3.8) is 0 Å². The minimum atomic E-state index is -4.09. The summed E-state index contributed by atoms with van der Waals surface area (Å²) in [5, 5.41) is 11.7. The second-order valence-corrected chi connectivity index (χ2v) is 11.1. The second kappa shape index (κ2) is 12.5. The van der Waals surface area contributed by atoms with Crippen molar-refractivity contribution in [3.8, 4) is 0 Å². The van der Waals surface area contributed by atoms with Crippen LogP contribution in [0.3, 0.4) is 0 Å². The monoisotopic (exact) mass is 542 g/mol. The van der Waals surface area contributed by atoms with Gasteiger partial charge in [-0.3, -0.25) is 4.18 Å². The molecule has 0 unspecified atom stereocenters. The molecule has 1 aliphatic heterocycles. The summed E-state index contributed by atoms with van der Waals surface area (Å²) in [6.07, 6.45) is -3.79. The van der Waals surface area contributed by atoms with Gasteiger partial charge in [-0.25, -0.2) is 0 Å². The fraction of sp³-hybridized carbons (Fsp3) is 0.379. The fourth-order valence-corrected chi connectivity index (χ4v) is 5.22. The molecule has 38 heavy (non-hydrogen) atoms. The van der Waals surface area contributed by atoms with Crippen LogP contribution in [0.5, 0.6) is 0 Å². The summed E-state index contributed by atoms with van der Waals surface area (Å²) in [6.45, 7) is 3.37. The van der Waals surface area contributed by atoms with E-state index in [1.165, 1.54) is 26.2 Å². The van der Waals surface area contributed by atoms with Gasteiger partial charge in [0.2, 0.25) is 0 Å². The van der Waals surface area contributed by atoms with E-state index in [1.54, 1.807) is 12.1 Å². The smallest absolute Gasteiger partial charge is 0.297 e. The third-order valence-corrected chi connectivity index (χ3v) is 7.86. The van der Waals surface area contributed by atoms with Crippen molar-refractivity contribution < 1.29 is 36.7 Å². The third-order valence-electron chi connectivity index (χ3n) is 6.57. The fourth-order valence-electron chi connectivity index (χ4n) is 4.31. The minimum Gasteiger partial charge on any atom is -0.385 e.